The van der Waals surface area contributed by atoms with Gasteiger partial charge in [0.2, 0.25) is 10.0 Å². The summed E-state index contributed by atoms with van der Waals surface area (Å²) >= 11 is 0. The summed E-state index contributed by atoms with van der Waals surface area (Å²) < 4.78 is 26.9. The van der Waals surface area contributed by atoms with Crippen molar-refractivity contribution in [3.05, 3.63) is 69.1 Å². The molecule has 0 bridgehead atoms. The highest BCUT2D eigenvalue weighted by Gasteiger charge is 2.23. The van der Waals surface area contributed by atoms with Crippen LogP contribution in [0, 0.1) is 0 Å². The van der Waals surface area contributed by atoms with Crippen LogP contribution in [0.2, 0.25) is 0 Å². The van der Waals surface area contributed by atoms with E-state index in [0.717, 1.165) is 15.3 Å². The summed E-state index contributed by atoms with van der Waals surface area (Å²) in [5.41, 5.74) is 0.539. The highest BCUT2D eigenvalue weighted by molar-refractivity contribution is 7.89. The lowest BCUT2D eigenvalue weighted by molar-refractivity contribution is 0.458. The molecule has 0 aliphatic carbocycles. The molecule has 0 amide bonds. The van der Waals surface area contributed by atoms with Gasteiger partial charge in [0.25, 0.3) is 5.56 Å². The fourth-order valence-corrected chi connectivity index (χ4v) is 4.02. The van der Waals surface area contributed by atoms with Gasteiger partial charge in [0.05, 0.1) is 33.4 Å². The van der Waals surface area contributed by atoms with Crippen molar-refractivity contribution in [2.75, 3.05) is 7.05 Å². The first kappa shape index (κ1) is 17.2. The second kappa shape index (κ2) is 6.18. The van der Waals surface area contributed by atoms with E-state index in [0.29, 0.717) is 5.82 Å². The van der Waals surface area contributed by atoms with Crippen LogP contribution in [0.25, 0.3) is 21.9 Å². The molecule has 0 aliphatic heterocycles. The van der Waals surface area contributed by atoms with Crippen molar-refractivity contribution in [2.24, 2.45) is 0 Å². The van der Waals surface area contributed by atoms with Crippen molar-refractivity contribution in [1.29, 1.82) is 0 Å². The van der Waals surface area contributed by atoms with Crippen LogP contribution in [0.15, 0.2) is 56.9 Å². The normalized spacial score (nSPS) is 12.2. The topological polar surface area (TPSA) is 132 Å². The first-order valence-electron chi connectivity index (χ1n) is 8.01. The molecule has 138 valence electrons. The van der Waals surface area contributed by atoms with Gasteiger partial charge in [-0.15, -0.1) is 0 Å². The van der Waals surface area contributed by atoms with Gasteiger partial charge in [0.1, 0.15) is 5.82 Å². The van der Waals surface area contributed by atoms with E-state index in [2.05, 4.69) is 19.9 Å². The van der Waals surface area contributed by atoms with E-state index in [9.17, 15) is 18.0 Å². The Hall–Kier alpha value is -3.24. The third-order valence-electron chi connectivity index (χ3n) is 4.23. The van der Waals surface area contributed by atoms with Crippen LogP contribution in [-0.2, 0) is 16.6 Å². The molecular weight excluding hydrogens is 370 g/mol. The maximum absolute atomic E-state index is 12.9. The van der Waals surface area contributed by atoms with E-state index in [1.54, 1.807) is 0 Å². The molecule has 0 radical (unpaired) electrons. The Bertz CT molecular complexity index is 1350. The Morgan fingerprint density at radius 3 is 2.56 bits per heavy atom. The summed E-state index contributed by atoms with van der Waals surface area (Å²) in [7, 11) is -2.43. The van der Waals surface area contributed by atoms with Crippen molar-refractivity contribution in [3.63, 3.8) is 0 Å². The maximum atomic E-state index is 12.9. The van der Waals surface area contributed by atoms with Crippen LogP contribution in [0.5, 0.6) is 0 Å². The van der Waals surface area contributed by atoms with E-state index in [4.69, 9.17) is 0 Å². The molecule has 3 N–H and O–H groups in total. The SMILES string of the molecule is CN(Cc1nc2ccccc2[nH]1)S(=O)(=O)c1ccc2[nH]c(=O)[nH]c(=O)c2c1. The average molecular weight is 385 g/mol. The van der Waals surface area contributed by atoms with Gasteiger partial charge in [-0.05, 0) is 30.3 Å². The highest BCUT2D eigenvalue weighted by Crippen LogP contribution is 2.20. The molecule has 9 nitrogen and oxygen atoms in total. The number of hydrogen-bond acceptors (Lipinski definition) is 5. The van der Waals surface area contributed by atoms with Crippen molar-refractivity contribution in [3.8, 4) is 0 Å². The van der Waals surface area contributed by atoms with Gasteiger partial charge in [-0.2, -0.15) is 4.31 Å². The Morgan fingerprint density at radius 1 is 1.00 bits per heavy atom. The Balaban J connectivity index is 1.70. The number of imidazole rings is 1. The quantitative estimate of drug-likeness (QED) is 0.480. The van der Waals surface area contributed by atoms with Crippen molar-refractivity contribution in [1.82, 2.24) is 24.2 Å². The molecule has 0 atom stereocenters. The number of nitrogens with zero attached hydrogens (tertiary/aromatic N) is 2. The number of benzene rings is 2. The predicted octanol–water partition coefficient (Wildman–Crippen LogP) is 0.913. The minimum atomic E-state index is -3.86. The van der Waals surface area contributed by atoms with Gasteiger partial charge in [-0.3, -0.25) is 9.78 Å². The van der Waals surface area contributed by atoms with Gasteiger partial charge < -0.3 is 9.97 Å². The molecular formula is C17H15N5O4S. The number of sulfonamides is 1. The Morgan fingerprint density at radius 2 is 1.78 bits per heavy atom. The summed E-state index contributed by atoms with van der Waals surface area (Å²) in [5.74, 6) is 0.505. The van der Waals surface area contributed by atoms with Crippen LogP contribution in [0.3, 0.4) is 0 Å². The third-order valence-corrected chi connectivity index (χ3v) is 6.03. The van der Waals surface area contributed by atoms with Crippen LogP contribution < -0.4 is 11.2 Å². The summed E-state index contributed by atoms with van der Waals surface area (Å²) in [6.07, 6.45) is 0. The van der Waals surface area contributed by atoms with Gasteiger partial charge in [0.15, 0.2) is 0 Å². The smallest absolute Gasteiger partial charge is 0.326 e. The number of hydrogen-bond donors (Lipinski definition) is 3. The first-order chi connectivity index (χ1) is 12.8. The summed E-state index contributed by atoms with van der Waals surface area (Å²) in [6, 6.07) is 11.4. The number of para-hydroxylation sites is 2. The lowest BCUT2D eigenvalue weighted by atomic mass is 10.2. The molecule has 4 aromatic rings. The van der Waals surface area contributed by atoms with Crippen molar-refractivity contribution < 1.29 is 8.42 Å². The zero-order valence-corrected chi connectivity index (χ0v) is 15.0. The monoisotopic (exact) mass is 385 g/mol. The van der Waals surface area contributed by atoms with Crippen molar-refractivity contribution >= 4 is 32.0 Å². The molecule has 2 heterocycles. The number of aromatic nitrogens is 4. The lowest BCUT2D eigenvalue weighted by Gasteiger charge is -2.16. The van der Waals surface area contributed by atoms with Gasteiger partial charge >= 0.3 is 5.69 Å². The predicted molar refractivity (Wildman–Crippen MR) is 99.9 cm³/mol. The zero-order chi connectivity index (χ0) is 19.2. The molecule has 2 aromatic heterocycles. The Kier molecular flexibility index (Phi) is 3.93. The summed E-state index contributed by atoms with van der Waals surface area (Å²) in [4.78, 5) is 35.2. The fraction of sp³-hybridized carbons (Fsp3) is 0.118. The fourth-order valence-electron chi connectivity index (χ4n) is 2.86. The minimum Gasteiger partial charge on any atom is -0.341 e. The second-order valence-electron chi connectivity index (χ2n) is 6.08. The standard InChI is InChI=1S/C17H15N5O4S/c1-22(9-15-18-13-4-2-3-5-14(13)19-15)27(25,26)10-6-7-12-11(8-10)16(23)21-17(24)20-12/h2-8H,9H2,1H3,(H,18,19)(H2,20,21,23,24). The molecule has 10 heteroatoms. The van der Waals surface area contributed by atoms with Crippen LogP contribution in [0.4, 0.5) is 0 Å². The highest BCUT2D eigenvalue weighted by atomic mass is 32.2. The van der Waals surface area contributed by atoms with Gasteiger partial charge in [0, 0.05) is 7.05 Å². The summed E-state index contributed by atoms with van der Waals surface area (Å²) in [6.45, 7) is 0.0387. The number of nitrogens with one attached hydrogen (secondary N) is 3. The molecule has 4 rings (SSSR count). The molecule has 0 unspecified atom stereocenters. The van der Waals surface area contributed by atoms with E-state index in [1.165, 1.54) is 25.2 Å². The molecule has 0 saturated carbocycles. The molecule has 0 fully saturated rings. The first-order valence-corrected chi connectivity index (χ1v) is 9.45. The van der Waals surface area contributed by atoms with E-state index in [-0.39, 0.29) is 22.3 Å². The Labute approximate surface area is 152 Å². The van der Waals surface area contributed by atoms with Crippen LogP contribution in [0.1, 0.15) is 5.82 Å². The largest absolute Gasteiger partial charge is 0.341 e. The second-order valence-corrected chi connectivity index (χ2v) is 8.12. The number of H-pyrrole nitrogens is 3. The summed E-state index contributed by atoms with van der Waals surface area (Å²) in [5, 5.41) is 0.0906. The van der Waals surface area contributed by atoms with E-state index in [1.807, 2.05) is 24.3 Å². The van der Waals surface area contributed by atoms with Crippen LogP contribution >= 0.6 is 0 Å². The van der Waals surface area contributed by atoms with E-state index >= 15 is 0 Å². The molecule has 27 heavy (non-hydrogen) atoms. The van der Waals surface area contributed by atoms with Crippen LogP contribution in [-0.4, -0.2) is 39.7 Å². The maximum Gasteiger partial charge on any atom is 0.326 e. The third kappa shape index (κ3) is 3.04. The number of fused-ring (bicyclic) bond motifs is 2. The number of rotatable bonds is 4. The lowest BCUT2D eigenvalue weighted by Crippen LogP contribution is -2.27. The molecule has 0 aliphatic rings. The number of aromatic amines is 3. The van der Waals surface area contributed by atoms with Crippen molar-refractivity contribution in [2.45, 2.75) is 11.4 Å². The average Bonchev–Trinajstić information content (AvgIpc) is 3.03. The van der Waals surface area contributed by atoms with Gasteiger partial charge in [-0.25, -0.2) is 18.2 Å². The molecule has 0 saturated heterocycles. The molecule has 0 spiro atoms. The minimum absolute atomic E-state index is 0.0387. The van der Waals surface area contributed by atoms with E-state index < -0.39 is 21.3 Å². The zero-order valence-electron chi connectivity index (χ0n) is 14.2. The molecule has 2 aromatic carbocycles. The van der Waals surface area contributed by atoms with Gasteiger partial charge in [-0.1, -0.05) is 12.1 Å².